The van der Waals surface area contributed by atoms with Gasteiger partial charge in [-0.2, -0.15) is 0 Å². The van der Waals surface area contributed by atoms with Crippen molar-refractivity contribution in [3.8, 4) is 0 Å². The summed E-state index contributed by atoms with van der Waals surface area (Å²) in [4.78, 5) is 7.03. The lowest BCUT2D eigenvalue weighted by Gasteiger charge is -2.32. The predicted octanol–water partition coefficient (Wildman–Crippen LogP) is 2.59. The Labute approximate surface area is 110 Å². The van der Waals surface area contributed by atoms with Gasteiger partial charge in [-0.05, 0) is 36.9 Å². The largest absolute Gasteiger partial charge is 0.326 e. The van der Waals surface area contributed by atoms with Gasteiger partial charge in [-0.1, -0.05) is 26.8 Å². The van der Waals surface area contributed by atoms with Crippen LogP contribution < -0.4 is 5.73 Å². The maximum absolute atomic E-state index is 6.34. The van der Waals surface area contributed by atoms with Crippen LogP contribution in [0.3, 0.4) is 0 Å². The van der Waals surface area contributed by atoms with E-state index in [-0.39, 0.29) is 12.1 Å². The normalized spacial score (nSPS) is 22.9. The van der Waals surface area contributed by atoms with E-state index in [0.717, 1.165) is 25.2 Å². The fourth-order valence-electron chi connectivity index (χ4n) is 2.84. The molecule has 1 fully saturated rings. The highest BCUT2D eigenvalue weighted by atomic mass is 15.2. The maximum Gasteiger partial charge on any atom is 0.0673 e. The highest BCUT2D eigenvalue weighted by Crippen LogP contribution is 2.35. The molecule has 0 radical (unpaired) electrons. The first-order valence-corrected chi connectivity index (χ1v) is 6.94. The number of likely N-dealkylation sites (tertiary alicyclic amines) is 1. The Morgan fingerprint density at radius 3 is 2.72 bits per heavy atom. The Balaban J connectivity index is 2.22. The summed E-state index contributed by atoms with van der Waals surface area (Å²) in [6.45, 7) is 9.06. The molecule has 2 unspecified atom stereocenters. The Bertz CT molecular complexity index is 375. The van der Waals surface area contributed by atoms with E-state index in [9.17, 15) is 0 Å². The van der Waals surface area contributed by atoms with Crippen molar-refractivity contribution >= 4 is 0 Å². The van der Waals surface area contributed by atoms with E-state index < -0.39 is 0 Å². The molecule has 0 aliphatic carbocycles. The Morgan fingerprint density at radius 2 is 2.22 bits per heavy atom. The molecule has 3 nitrogen and oxygen atoms in total. The Kier molecular flexibility index (Phi) is 4.03. The van der Waals surface area contributed by atoms with Crippen LogP contribution in [0.1, 0.15) is 45.3 Å². The van der Waals surface area contributed by atoms with E-state index in [1.54, 1.807) is 0 Å². The van der Waals surface area contributed by atoms with Gasteiger partial charge in [0.2, 0.25) is 0 Å². The van der Waals surface area contributed by atoms with Crippen molar-refractivity contribution in [1.29, 1.82) is 0 Å². The molecule has 1 aromatic rings. The minimum atomic E-state index is 0.161. The van der Waals surface area contributed by atoms with Gasteiger partial charge in [-0.25, -0.2) is 0 Å². The SMILES string of the molecule is CCC(N)C(c1ccccn1)N1CCC(C)(C)C1. The van der Waals surface area contributed by atoms with Gasteiger partial charge in [-0.3, -0.25) is 9.88 Å². The van der Waals surface area contributed by atoms with Gasteiger partial charge >= 0.3 is 0 Å². The number of pyridine rings is 1. The maximum atomic E-state index is 6.34. The molecule has 100 valence electrons. The molecule has 0 aromatic carbocycles. The van der Waals surface area contributed by atoms with Crippen molar-refractivity contribution in [3.05, 3.63) is 30.1 Å². The van der Waals surface area contributed by atoms with Crippen molar-refractivity contribution < 1.29 is 0 Å². The third-order valence-corrected chi connectivity index (χ3v) is 3.97. The molecule has 1 saturated heterocycles. The first-order chi connectivity index (χ1) is 8.53. The van der Waals surface area contributed by atoms with Crippen LogP contribution in [0.4, 0.5) is 0 Å². The molecular weight excluding hydrogens is 222 g/mol. The molecule has 2 atom stereocenters. The van der Waals surface area contributed by atoms with E-state index in [2.05, 4.69) is 42.8 Å². The molecule has 3 heteroatoms. The van der Waals surface area contributed by atoms with Crippen molar-refractivity contribution in [1.82, 2.24) is 9.88 Å². The highest BCUT2D eigenvalue weighted by Gasteiger charge is 2.36. The first kappa shape index (κ1) is 13.5. The van der Waals surface area contributed by atoms with E-state index in [1.807, 2.05) is 12.3 Å². The van der Waals surface area contributed by atoms with Gasteiger partial charge in [0, 0.05) is 18.8 Å². The zero-order valence-corrected chi connectivity index (χ0v) is 11.8. The van der Waals surface area contributed by atoms with Gasteiger partial charge in [0.05, 0.1) is 11.7 Å². The van der Waals surface area contributed by atoms with Crippen LogP contribution >= 0.6 is 0 Å². The second kappa shape index (κ2) is 5.37. The molecule has 2 rings (SSSR count). The summed E-state index contributed by atoms with van der Waals surface area (Å²) in [6.07, 6.45) is 4.09. The number of rotatable bonds is 4. The molecule has 0 amide bonds. The summed E-state index contributed by atoms with van der Waals surface area (Å²) in [5.74, 6) is 0. The Morgan fingerprint density at radius 1 is 1.44 bits per heavy atom. The van der Waals surface area contributed by atoms with Gasteiger partial charge < -0.3 is 5.73 Å². The molecule has 1 aliphatic heterocycles. The average molecular weight is 247 g/mol. The number of nitrogens with two attached hydrogens (primary N) is 1. The lowest BCUT2D eigenvalue weighted by Crippen LogP contribution is -2.40. The lowest BCUT2D eigenvalue weighted by atomic mass is 9.93. The van der Waals surface area contributed by atoms with Gasteiger partial charge in [0.25, 0.3) is 0 Å². The minimum absolute atomic E-state index is 0.161. The quantitative estimate of drug-likeness (QED) is 0.889. The van der Waals surface area contributed by atoms with E-state index in [0.29, 0.717) is 5.41 Å². The van der Waals surface area contributed by atoms with Gasteiger partial charge in [0.1, 0.15) is 0 Å². The molecule has 18 heavy (non-hydrogen) atoms. The van der Waals surface area contributed by atoms with Crippen LogP contribution in [0.25, 0.3) is 0 Å². The van der Waals surface area contributed by atoms with Crippen molar-refractivity contribution in [3.63, 3.8) is 0 Å². The number of nitrogens with zero attached hydrogens (tertiary/aromatic N) is 2. The Hall–Kier alpha value is -0.930. The third-order valence-electron chi connectivity index (χ3n) is 3.97. The molecule has 1 aromatic heterocycles. The number of hydrogen-bond acceptors (Lipinski definition) is 3. The summed E-state index contributed by atoms with van der Waals surface area (Å²) < 4.78 is 0. The second-order valence-electron chi connectivity index (χ2n) is 6.16. The van der Waals surface area contributed by atoms with E-state index >= 15 is 0 Å². The smallest absolute Gasteiger partial charge is 0.0673 e. The third kappa shape index (κ3) is 2.90. The molecule has 2 heterocycles. The summed E-state index contributed by atoms with van der Waals surface area (Å²) in [7, 11) is 0. The van der Waals surface area contributed by atoms with Crippen LogP contribution in [0.2, 0.25) is 0 Å². The summed E-state index contributed by atoms with van der Waals surface area (Å²) in [5.41, 5.74) is 7.85. The second-order valence-corrected chi connectivity index (χ2v) is 6.16. The first-order valence-electron chi connectivity index (χ1n) is 6.94. The van der Waals surface area contributed by atoms with Gasteiger partial charge in [0.15, 0.2) is 0 Å². The zero-order valence-electron chi connectivity index (χ0n) is 11.8. The topological polar surface area (TPSA) is 42.1 Å². The molecule has 0 bridgehead atoms. The zero-order chi connectivity index (χ0) is 13.2. The van der Waals surface area contributed by atoms with Crippen molar-refractivity contribution in [2.75, 3.05) is 13.1 Å². The minimum Gasteiger partial charge on any atom is -0.326 e. The number of aromatic nitrogens is 1. The molecule has 1 aliphatic rings. The van der Waals surface area contributed by atoms with Crippen LogP contribution in [0, 0.1) is 5.41 Å². The van der Waals surface area contributed by atoms with Crippen LogP contribution in [-0.2, 0) is 0 Å². The van der Waals surface area contributed by atoms with Crippen molar-refractivity contribution in [2.24, 2.45) is 11.1 Å². The van der Waals surface area contributed by atoms with E-state index in [4.69, 9.17) is 5.73 Å². The molecule has 2 N–H and O–H groups in total. The van der Waals surface area contributed by atoms with Gasteiger partial charge in [-0.15, -0.1) is 0 Å². The summed E-state index contributed by atoms with van der Waals surface area (Å²) in [5, 5.41) is 0. The predicted molar refractivity (Wildman–Crippen MR) is 75.2 cm³/mol. The molecule has 0 spiro atoms. The van der Waals surface area contributed by atoms with Crippen molar-refractivity contribution in [2.45, 2.75) is 45.7 Å². The van der Waals surface area contributed by atoms with Crippen LogP contribution in [0.5, 0.6) is 0 Å². The monoisotopic (exact) mass is 247 g/mol. The highest BCUT2D eigenvalue weighted by molar-refractivity contribution is 5.12. The summed E-state index contributed by atoms with van der Waals surface area (Å²) >= 11 is 0. The number of hydrogen-bond donors (Lipinski definition) is 1. The fraction of sp³-hybridized carbons (Fsp3) is 0.667. The van der Waals surface area contributed by atoms with Crippen LogP contribution in [0.15, 0.2) is 24.4 Å². The van der Waals surface area contributed by atoms with E-state index in [1.165, 1.54) is 6.42 Å². The average Bonchev–Trinajstić information content (AvgIpc) is 2.71. The fourth-order valence-corrected chi connectivity index (χ4v) is 2.84. The van der Waals surface area contributed by atoms with Crippen LogP contribution in [-0.4, -0.2) is 29.0 Å². The molecular formula is C15H25N3. The standard InChI is InChI=1S/C15H25N3/c1-4-12(16)14(13-7-5-6-9-17-13)18-10-8-15(2,3)11-18/h5-7,9,12,14H,4,8,10-11,16H2,1-3H3. The lowest BCUT2D eigenvalue weighted by molar-refractivity contribution is 0.185. The molecule has 0 saturated carbocycles. The summed E-state index contributed by atoms with van der Waals surface area (Å²) in [6, 6.07) is 6.54.